The molecule has 4 aromatic carbocycles. The first-order valence-corrected chi connectivity index (χ1v) is 12.8. The van der Waals surface area contributed by atoms with E-state index in [0.29, 0.717) is 5.56 Å². The van der Waals surface area contributed by atoms with Crippen LogP contribution >= 0.6 is 0 Å². The van der Waals surface area contributed by atoms with E-state index in [1.165, 1.54) is 17.0 Å². The second-order valence-electron chi connectivity index (χ2n) is 9.67. The average Bonchev–Trinajstić information content (AvgIpc) is 2.96. The van der Waals surface area contributed by atoms with Crippen LogP contribution in [0.5, 0.6) is 0 Å². The molecule has 0 saturated carbocycles. The molecule has 0 fully saturated rings. The summed E-state index contributed by atoms with van der Waals surface area (Å²) in [6.45, 7) is 1.85. The molecule has 39 heavy (non-hydrogen) atoms. The maximum atomic E-state index is 14.6. The van der Waals surface area contributed by atoms with E-state index in [9.17, 15) is 14.0 Å². The molecule has 4 aromatic rings. The minimum Gasteiger partial charge on any atom is -0.369 e. The zero-order valence-corrected chi connectivity index (χ0v) is 21.6. The average molecular weight is 521 g/mol. The first kappa shape index (κ1) is 25.9. The van der Waals surface area contributed by atoms with E-state index in [-0.39, 0.29) is 36.4 Å². The first-order chi connectivity index (χ1) is 18.9. The minimum atomic E-state index is -0.971. The normalized spacial score (nSPS) is 15.4. The lowest BCUT2D eigenvalue weighted by Gasteiger charge is -2.38. The predicted octanol–water partition coefficient (Wildman–Crippen LogP) is 5.31. The van der Waals surface area contributed by atoms with Gasteiger partial charge in [0.1, 0.15) is 11.4 Å². The molecule has 1 aliphatic rings. The number of amides is 2. The number of guanidine groups is 1. The summed E-state index contributed by atoms with van der Waals surface area (Å²) in [7, 11) is 0. The van der Waals surface area contributed by atoms with Gasteiger partial charge in [0.15, 0.2) is 5.96 Å². The fourth-order valence-electron chi connectivity index (χ4n) is 4.99. The lowest BCUT2D eigenvalue weighted by Crippen LogP contribution is -2.50. The van der Waals surface area contributed by atoms with Crippen molar-refractivity contribution in [2.24, 2.45) is 10.7 Å². The number of hydrogen-bond donors (Lipinski definition) is 2. The largest absolute Gasteiger partial charge is 0.369 e. The van der Waals surface area contributed by atoms with Gasteiger partial charge in [0.25, 0.3) is 5.91 Å². The zero-order chi connectivity index (χ0) is 27.4. The number of carbonyl (C=O) groups is 2. The molecule has 3 N–H and O–H groups in total. The van der Waals surface area contributed by atoms with E-state index >= 15 is 0 Å². The van der Waals surface area contributed by atoms with Gasteiger partial charge in [-0.05, 0) is 47.4 Å². The highest BCUT2D eigenvalue weighted by atomic mass is 19.1. The van der Waals surface area contributed by atoms with Crippen molar-refractivity contribution in [1.82, 2.24) is 10.2 Å². The van der Waals surface area contributed by atoms with Crippen LogP contribution in [0.1, 0.15) is 52.0 Å². The Morgan fingerprint density at radius 1 is 0.949 bits per heavy atom. The highest BCUT2D eigenvalue weighted by Crippen LogP contribution is 2.40. The Balaban J connectivity index is 1.42. The Morgan fingerprint density at radius 2 is 1.51 bits per heavy atom. The summed E-state index contributed by atoms with van der Waals surface area (Å²) in [5, 5.41) is 2.90. The molecule has 0 aliphatic carbocycles. The summed E-state index contributed by atoms with van der Waals surface area (Å²) in [5.41, 5.74) is 8.68. The molecule has 5 rings (SSSR count). The highest BCUT2D eigenvalue weighted by molar-refractivity contribution is 6.00. The maximum absolute atomic E-state index is 14.6. The van der Waals surface area contributed by atoms with Gasteiger partial charge < -0.3 is 11.1 Å². The number of nitrogens with two attached hydrogens (primary N) is 1. The first-order valence-electron chi connectivity index (χ1n) is 12.8. The van der Waals surface area contributed by atoms with Crippen molar-refractivity contribution in [2.75, 3.05) is 0 Å². The molecule has 2 amide bonds. The van der Waals surface area contributed by atoms with Crippen LogP contribution in [-0.4, -0.2) is 22.7 Å². The summed E-state index contributed by atoms with van der Waals surface area (Å²) in [6, 6.07) is 32.5. The number of nitrogens with one attached hydrogen (secondary N) is 1. The minimum absolute atomic E-state index is 0.0138. The van der Waals surface area contributed by atoms with Gasteiger partial charge in [-0.15, -0.1) is 0 Å². The SMILES string of the molecule is C[C@H](NC(=O)c1cc(F)cc(CN2C(=O)CC(c3ccccc3)(c3ccccc3)N=C2N)c1)c1ccccc1. The molecular weight excluding hydrogens is 491 g/mol. The van der Waals surface area contributed by atoms with Gasteiger partial charge in [-0.1, -0.05) is 91.0 Å². The van der Waals surface area contributed by atoms with Crippen molar-refractivity contribution in [3.8, 4) is 0 Å². The van der Waals surface area contributed by atoms with Crippen molar-refractivity contribution in [2.45, 2.75) is 31.5 Å². The fourth-order valence-corrected chi connectivity index (χ4v) is 4.99. The molecule has 0 spiro atoms. The van der Waals surface area contributed by atoms with E-state index in [1.807, 2.05) is 97.9 Å². The standard InChI is InChI=1S/C32H29FN4O2/c1-22(24-11-5-2-6-12-24)35-30(39)25-17-23(18-28(33)19-25)21-37-29(38)20-32(36-31(37)34,26-13-7-3-8-14-26)27-15-9-4-10-16-27/h2-19,22H,20-21H2,1H3,(H2,34,36)(H,35,39)/t22-/m0/s1. The van der Waals surface area contributed by atoms with Crippen molar-refractivity contribution in [3.63, 3.8) is 0 Å². The van der Waals surface area contributed by atoms with Crippen LogP contribution in [0.2, 0.25) is 0 Å². The molecule has 0 saturated heterocycles. The number of rotatable bonds is 7. The van der Waals surface area contributed by atoms with Crippen LogP contribution in [0, 0.1) is 5.82 Å². The quantitative estimate of drug-likeness (QED) is 0.346. The molecule has 1 heterocycles. The van der Waals surface area contributed by atoms with E-state index in [4.69, 9.17) is 10.7 Å². The van der Waals surface area contributed by atoms with Crippen molar-refractivity contribution in [1.29, 1.82) is 0 Å². The van der Waals surface area contributed by atoms with Crippen LogP contribution < -0.4 is 11.1 Å². The van der Waals surface area contributed by atoms with Gasteiger partial charge in [-0.3, -0.25) is 14.5 Å². The van der Waals surface area contributed by atoms with Crippen LogP contribution in [0.4, 0.5) is 4.39 Å². The van der Waals surface area contributed by atoms with Gasteiger partial charge in [0.2, 0.25) is 5.91 Å². The molecule has 0 radical (unpaired) electrons. The number of halogens is 1. The van der Waals surface area contributed by atoms with Gasteiger partial charge in [0, 0.05) is 5.56 Å². The van der Waals surface area contributed by atoms with Crippen molar-refractivity contribution >= 4 is 17.8 Å². The van der Waals surface area contributed by atoms with E-state index < -0.39 is 17.3 Å². The van der Waals surface area contributed by atoms with E-state index in [2.05, 4.69) is 5.32 Å². The number of aliphatic imine (C=N–C) groups is 1. The van der Waals surface area contributed by atoms with Crippen molar-refractivity contribution < 1.29 is 14.0 Å². The van der Waals surface area contributed by atoms with E-state index in [1.54, 1.807) is 6.07 Å². The van der Waals surface area contributed by atoms with Gasteiger partial charge in [-0.25, -0.2) is 9.38 Å². The monoisotopic (exact) mass is 520 g/mol. The molecule has 1 atom stereocenters. The number of hydrogen-bond acceptors (Lipinski definition) is 4. The van der Waals surface area contributed by atoms with Crippen LogP contribution in [0.3, 0.4) is 0 Å². The number of carbonyl (C=O) groups excluding carboxylic acids is 2. The molecule has 6 nitrogen and oxygen atoms in total. The molecule has 7 heteroatoms. The van der Waals surface area contributed by atoms with Gasteiger partial charge in [-0.2, -0.15) is 0 Å². The fraction of sp³-hybridized carbons (Fsp3) is 0.156. The Hall–Kier alpha value is -4.78. The smallest absolute Gasteiger partial charge is 0.251 e. The summed E-state index contributed by atoms with van der Waals surface area (Å²) >= 11 is 0. The molecule has 0 aromatic heterocycles. The molecular formula is C32H29FN4O2. The summed E-state index contributed by atoms with van der Waals surface area (Å²) in [6.07, 6.45) is 0.0545. The number of benzene rings is 4. The lowest BCUT2D eigenvalue weighted by atomic mass is 9.79. The molecule has 0 unspecified atom stereocenters. The Bertz CT molecular complexity index is 1470. The van der Waals surface area contributed by atoms with Crippen LogP contribution in [-0.2, 0) is 16.9 Å². The third-order valence-corrected chi connectivity index (χ3v) is 7.00. The van der Waals surface area contributed by atoms with Crippen LogP contribution in [0.25, 0.3) is 0 Å². The Labute approximate surface area is 227 Å². The van der Waals surface area contributed by atoms with Gasteiger partial charge in [0.05, 0.1) is 19.0 Å². The van der Waals surface area contributed by atoms with Crippen molar-refractivity contribution in [3.05, 3.63) is 143 Å². The lowest BCUT2D eigenvalue weighted by molar-refractivity contribution is -0.129. The number of nitrogens with zero attached hydrogens (tertiary/aromatic N) is 2. The highest BCUT2D eigenvalue weighted by Gasteiger charge is 2.42. The Morgan fingerprint density at radius 3 is 2.08 bits per heavy atom. The Kier molecular flexibility index (Phi) is 7.23. The molecule has 0 bridgehead atoms. The van der Waals surface area contributed by atoms with Crippen LogP contribution in [0.15, 0.2) is 114 Å². The second-order valence-corrected chi connectivity index (χ2v) is 9.67. The summed E-state index contributed by atoms with van der Waals surface area (Å²) in [4.78, 5) is 32.7. The maximum Gasteiger partial charge on any atom is 0.251 e. The van der Waals surface area contributed by atoms with Gasteiger partial charge >= 0.3 is 0 Å². The topological polar surface area (TPSA) is 87.8 Å². The predicted molar refractivity (Wildman–Crippen MR) is 149 cm³/mol. The molecule has 1 aliphatic heterocycles. The zero-order valence-electron chi connectivity index (χ0n) is 21.6. The molecule has 196 valence electrons. The second kappa shape index (κ2) is 10.9. The summed E-state index contributed by atoms with van der Waals surface area (Å²) < 4.78 is 14.6. The van der Waals surface area contributed by atoms with E-state index in [0.717, 1.165) is 16.7 Å². The third-order valence-electron chi connectivity index (χ3n) is 7.00. The summed E-state index contributed by atoms with van der Waals surface area (Å²) in [5.74, 6) is -1.20. The third kappa shape index (κ3) is 5.43.